The highest BCUT2D eigenvalue weighted by Crippen LogP contribution is 2.17. The van der Waals surface area contributed by atoms with Gasteiger partial charge in [0.15, 0.2) is 0 Å². The number of carbonyl (C=O) groups excluding carboxylic acids is 2. The molecule has 0 radical (unpaired) electrons. The van der Waals surface area contributed by atoms with Gasteiger partial charge in [-0.2, -0.15) is 0 Å². The van der Waals surface area contributed by atoms with Gasteiger partial charge in [0.05, 0.1) is 25.2 Å². The van der Waals surface area contributed by atoms with E-state index < -0.39 is 18.2 Å². The van der Waals surface area contributed by atoms with Crippen molar-refractivity contribution in [1.29, 1.82) is 0 Å². The molecule has 0 saturated carbocycles. The van der Waals surface area contributed by atoms with E-state index in [9.17, 15) is 19.8 Å². The number of rotatable bonds is 43. The second kappa shape index (κ2) is 44.9. The largest absolute Gasteiger partial charge is 0.462 e. The number of allylic oxidation sites excluding steroid dienone is 8. The topological polar surface area (TPSA) is 95.9 Å². The predicted octanol–water partition coefficient (Wildman–Crippen LogP) is 14.3. The van der Waals surface area contributed by atoms with Gasteiger partial charge in [-0.1, -0.05) is 191 Å². The zero-order chi connectivity index (χ0) is 41.7. The Kier molecular flexibility index (Phi) is 43.2. The average Bonchev–Trinajstić information content (AvgIpc) is 3.20. The lowest BCUT2D eigenvalue weighted by molar-refractivity contribution is -0.151. The molecule has 332 valence electrons. The molecule has 0 aliphatic rings. The Labute approximate surface area is 353 Å². The number of ether oxygens (including phenoxy) is 1. The maximum absolute atomic E-state index is 13.2. The molecule has 0 bridgehead atoms. The molecule has 0 aliphatic carbocycles. The second-order valence-corrected chi connectivity index (χ2v) is 16.5. The van der Waals surface area contributed by atoms with Gasteiger partial charge in [-0.3, -0.25) is 9.59 Å². The lowest BCUT2D eigenvalue weighted by atomic mass is 10.0. The molecule has 0 rings (SSSR count). The minimum atomic E-state index is -0.792. The number of hydrogen-bond acceptors (Lipinski definition) is 5. The van der Waals surface area contributed by atoms with Crippen molar-refractivity contribution in [2.24, 2.45) is 0 Å². The summed E-state index contributed by atoms with van der Waals surface area (Å²) in [7, 11) is 0. The fourth-order valence-electron chi connectivity index (χ4n) is 7.20. The number of unbranched alkanes of at least 4 members (excludes halogenated alkanes) is 23. The molecule has 0 aromatic carbocycles. The third kappa shape index (κ3) is 40.4. The van der Waals surface area contributed by atoms with Crippen molar-refractivity contribution >= 4 is 11.9 Å². The summed E-state index contributed by atoms with van der Waals surface area (Å²) in [6.07, 6.45) is 53.1. The Morgan fingerprint density at radius 1 is 0.526 bits per heavy atom. The smallest absolute Gasteiger partial charge is 0.306 e. The van der Waals surface area contributed by atoms with Gasteiger partial charge >= 0.3 is 5.97 Å². The molecular weight excluding hydrogens is 707 g/mol. The van der Waals surface area contributed by atoms with Crippen LogP contribution in [0.4, 0.5) is 0 Å². The number of aliphatic hydroxyl groups is 2. The minimum Gasteiger partial charge on any atom is -0.462 e. The molecule has 57 heavy (non-hydrogen) atoms. The number of amides is 1. The van der Waals surface area contributed by atoms with Crippen LogP contribution in [0.3, 0.4) is 0 Å². The quantitative estimate of drug-likeness (QED) is 0.0324. The maximum Gasteiger partial charge on any atom is 0.306 e. The maximum atomic E-state index is 13.2. The molecule has 0 fully saturated rings. The van der Waals surface area contributed by atoms with Crippen molar-refractivity contribution in [3.05, 3.63) is 48.6 Å². The Bertz CT molecular complexity index is 988. The van der Waals surface area contributed by atoms with Gasteiger partial charge < -0.3 is 20.3 Å². The summed E-state index contributed by atoms with van der Waals surface area (Å²) >= 11 is 0. The zero-order valence-corrected chi connectivity index (χ0v) is 37.7. The van der Waals surface area contributed by atoms with Crippen molar-refractivity contribution in [1.82, 2.24) is 5.32 Å². The van der Waals surface area contributed by atoms with Crippen LogP contribution >= 0.6 is 0 Å². The molecule has 0 aliphatic heterocycles. The Morgan fingerprint density at radius 2 is 0.947 bits per heavy atom. The molecule has 3 atom stereocenters. The van der Waals surface area contributed by atoms with Crippen LogP contribution in [-0.2, 0) is 14.3 Å². The van der Waals surface area contributed by atoms with Gasteiger partial charge in [0.25, 0.3) is 0 Å². The normalized spacial score (nSPS) is 13.7. The Hall–Kier alpha value is -2.18. The standard InChI is InChI=1S/C51H93NO5/c1-4-7-10-13-16-19-22-24-26-29-32-35-38-41-44-51(56)57-47(42-39-36-33-30-28-25-23-20-17-14-11-8-5-2)45-50(55)52-48(46-53)49(54)43-40-37-34-31-27-21-18-15-12-9-6-3/h7,10,16,19-20,23-24,26,47-49,53-54H,4-6,8-9,11-15,17-18,21-22,25,27-46H2,1-3H3,(H,52,55)/b10-7+,19-16+,23-20-,26-24+. The van der Waals surface area contributed by atoms with Crippen LogP contribution in [0.25, 0.3) is 0 Å². The summed E-state index contributed by atoms with van der Waals surface area (Å²) in [6.45, 7) is 6.34. The molecule has 0 aromatic heterocycles. The van der Waals surface area contributed by atoms with Gasteiger partial charge in [0, 0.05) is 6.42 Å². The van der Waals surface area contributed by atoms with E-state index in [4.69, 9.17) is 4.74 Å². The summed E-state index contributed by atoms with van der Waals surface area (Å²) in [5.74, 6) is -0.506. The second-order valence-electron chi connectivity index (χ2n) is 16.5. The lowest BCUT2D eigenvalue weighted by Gasteiger charge is -2.24. The van der Waals surface area contributed by atoms with Crippen LogP contribution in [0.15, 0.2) is 48.6 Å². The molecule has 1 amide bonds. The Morgan fingerprint density at radius 3 is 1.47 bits per heavy atom. The fraction of sp³-hybridized carbons (Fsp3) is 0.804. The van der Waals surface area contributed by atoms with E-state index in [2.05, 4.69) is 74.7 Å². The number of esters is 1. The van der Waals surface area contributed by atoms with E-state index in [1.54, 1.807) is 0 Å². The first-order valence-electron chi connectivity index (χ1n) is 24.4. The highest BCUT2D eigenvalue weighted by Gasteiger charge is 2.24. The average molecular weight is 800 g/mol. The molecule has 3 unspecified atom stereocenters. The zero-order valence-electron chi connectivity index (χ0n) is 37.7. The van der Waals surface area contributed by atoms with E-state index in [-0.39, 0.29) is 24.9 Å². The Balaban J connectivity index is 4.64. The first-order chi connectivity index (χ1) is 28.0. The summed E-state index contributed by atoms with van der Waals surface area (Å²) < 4.78 is 5.91. The fourth-order valence-corrected chi connectivity index (χ4v) is 7.20. The lowest BCUT2D eigenvalue weighted by Crippen LogP contribution is -2.46. The summed E-state index contributed by atoms with van der Waals surface area (Å²) in [5, 5.41) is 23.7. The summed E-state index contributed by atoms with van der Waals surface area (Å²) in [4.78, 5) is 26.1. The SMILES string of the molecule is CC/C=C/C/C=C/C/C=C/CCCCCCC(=O)OC(CCCCCCC/C=C\CCCCCC)CC(=O)NC(CO)C(O)CCCCCCCCCCCCC. The third-order valence-corrected chi connectivity index (χ3v) is 10.9. The molecule has 6 heteroatoms. The van der Waals surface area contributed by atoms with E-state index in [0.29, 0.717) is 19.3 Å². The van der Waals surface area contributed by atoms with Crippen LogP contribution in [0.2, 0.25) is 0 Å². The number of hydrogen-bond donors (Lipinski definition) is 3. The molecule has 3 N–H and O–H groups in total. The van der Waals surface area contributed by atoms with Gasteiger partial charge in [-0.15, -0.1) is 0 Å². The van der Waals surface area contributed by atoms with E-state index in [1.165, 1.54) is 96.3 Å². The summed E-state index contributed by atoms with van der Waals surface area (Å²) in [5.41, 5.74) is 0. The van der Waals surface area contributed by atoms with Crippen molar-refractivity contribution < 1.29 is 24.5 Å². The van der Waals surface area contributed by atoms with Crippen molar-refractivity contribution in [2.75, 3.05) is 6.61 Å². The van der Waals surface area contributed by atoms with Gasteiger partial charge in [-0.05, 0) is 83.5 Å². The third-order valence-electron chi connectivity index (χ3n) is 10.9. The van der Waals surface area contributed by atoms with Crippen LogP contribution in [0, 0.1) is 0 Å². The molecule has 0 aromatic rings. The van der Waals surface area contributed by atoms with E-state index in [0.717, 1.165) is 96.3 Å². The van der Waals surface area contributed by atoms with Gasteiger partial charge in [0.2, 0.25) is 5.91 Å². The first-order valence-corrected chi connectivity index (χ1v) is 24.4. The van der Waals surface area contributed by atoms with Crippen LogP contribution in [-0.4, -0.2) is 46.9 Å². The first kappa shape index (κ1) is 54.8. The van der Waals surface area contributed by atoms with E-state index in [1.807, 2.05) is 0 Å². The van der Waals surface area contributed by atoms with Gasteiger partial charge in [0.1, 0.15) is 6.10 Å². The number of nitrogens with one attached hydrogen (secondary N) is 1. The van der Waals surface area contributed by atoms with Crippen molar-refractivity contribution in [3.63, 3.8) is 0 Å². The van der Waals surface area contributed by atoms with Crippen LogP contribution < -0.4 is 5.32 Å². The highest BCUT2D eigenvalue weighted by molar-refractivity contribution is 5.77. The molecule has 0 heterocycles. The van der Waals surface area contributed by atoms with Crippen LogP contribution in [0.1, 0.15) is 239 Å². The minimum absolute atomic E-state index is 0.0629. The predicted molar refractivity (Wildman–Crippen MR) is 245 cm³/mol. The number of aliphatic hydroxyl groups excluding tert-OH is 2. The van der Waals surface area contributed by atoms with Gasteiger partial charge in [-0.25, -0.2) is 0 Å². The highest BCUT2D eigenvalue weighted by atomic mass is 16.5. The number of carbonyl (C=O) groups is 2. The summed E-state index contributed by atoms with van der Waals surface area (Å²) in [6, 6.07) is -0.707. The molecule has 0 spiro atoms. The van der Waals surface area contributed by atoms with Crippen molar-refractivity contribution in [3.8, 4) is 0 Å². The molecule has 6 nitrogen and oxygen atoms in total. The van der Waals surface area contributed by atoms with Crippen LogP contribution in [0.5, 0.6) is 0 Å². The molecule has 0 saturated heterocycles. The monoisotopic (exact) mass is 800 g/mol. The molecular formula is C51H93NO5. The van der Waals surface area contributed by atoms with E-state index >= 15 is 0 Å². The van der Waals surface area contributed by atoms with Crippen molar-refractivity contribution in [2.45, 2.75) is 257 Å².